The van der Waals surface area contributed by atoms with E-state index in [-0.39, 0.29) is 0 Å². The number of hydrogen-bond donors (Lipinski definition) is 0. The molecule has 0 bridgehead atoms. The second-order valence-electron chi connectivity index (χ2n) is 7.46. The van der Waals surface area contributed by atoms with Crippen LogP contribution >= 0.6 is 0 Å². The summed E-state index contributed by atoms with van der Waals surface area (Å²) in [7, 11) is -1.34. The first-order valence-electron chi connectivity index (χ1n) is 8.39. The van der Waals surface area contributed by atoms with Gasteiger partial charge in [0.15, 0.2) is 0 Å². The number of rotatable bonds is 5. The summed E-state index contributed by atoms with van der Waals surface area (Å²) in [5.41, 5.74) is 6.50. The Hall–Kier alpha value is -1.41. The van der Waals surface area contributed by atoms with Crippen LogP contribution in [0.5, 0.6) is 0 Å². The molecule has 0 aliphatic heterocycles. The Balaban J connectivity index is 2.50. The van der Waals surface area contributed by atoms with Gasteiger partial charge in [-0.05, 0) is 55.6 Å². The van der Waals surface area contributed by atoms with Gasteiger partial charge in [0.05, 0.1) is 13.8 Å². The van der Waals surface area contributed by atoms with Crippen LogP contribution in [-0.2, 0) is 6.42 Å². The molecule has 0 saturated carbocycles. The molecule has 1 heterocycles. The van der Waals surface area contributed by atoms with Crippen molar-refractivity contribution in [3.8, 4) is 11.3 Å². The van der Waals surface area contributed by atoms with Crippen LogP contribution in [0.4, 0.5) is 0 Å². The van der Waals surface area contributed by atoms with Crippen LogP contribution in [0.1, 0.15) is 36.5 Å². The maximum absolute atomic E-state index is 4.80. The Morgan fingerprint density at radius 2 is 1.59 bits per heavy atom. The van der Waals surface area contributed by atoms with Gasteiger partial charge in [0.1, 0.15) is 0 Å². The van der Waals surface area contributed by atoms with Crippen molar-refractivity contribution in [1.29, 1.82) is 0 Å². The molecule has 118 valence electrons. The van der Waals surface area contributed by atoms with E-state index in [9.17, 15) is 0 Å². The fourth-order valence-corrected chi connectivity index (χ4v) is 4.64. The molecule has 2 heteroatoms. The zero-order valence-electron chi connectivity index (χ0n) is 15.0. The molecule has 0 spiro atoms. The van der Waals surface area contributed by atoms with Crippen molar-refractivity contribution in [1.82, 2.24) is 4.98 Å². The summed E-state index contributed by atoms with van der Waals surface area (Å²) in [6, 6.07) is 9.05. The van der Waals surface area contributed by atoms with E-state index in [0.29, 0.717) is 0 Å². The first kappa shape index (κ1) is 16.9. The maximum atomic E-state index is 4.80. The van der Waals surface area contributed by atoms with Crippen LogP contribution in [0.3, 0.4) is 0 Å². The number of hydrogen-bond acceptors (Lipinski definition) is 1. The maximum Gasteiger partial charge on any atom is 0.0799 e. The van der Waals surface area contributed by atoms with Gasteiger partial charge in [0.25, 0.3) is 0 Å². The van der Waals surface area contributed by atoms with E-state index in [0.717, 1.165) is 5.69 Å². The van der Waals surface area contributed by atoms with E-state index in [1.165, 1.54) is 46.7 Å². The van der Waals surface area contributed by atoms with Gasteiger partial charge in [0, 0.05) is 11.8 Å². The van der Waals surface area contributed by atoms with Gasteiger partial charge in [-0.25, -0.2) is 0 Å². The third-order valence-electron chi connectivity index (χ3n) is 4.11. The lowest BCUT2D eigenvalue weighted by Crippen LogP contribution is -2.40. The Morgan fingerprint density at radius 3 is 2.14 bits per heavy atom. The molecule has 0 fully saturated rings. The van der Waals surface area contributed by atoms with Gasteiger partial charge in [-0.2, -0.15) is 0 Å². The molecule has 1 nitrogen and oxygen atoms in total. The quantitative estimate of drug-likeness (QED) is 0.687. The molecule has 0 atom stereocenters. The third-order valence-corrected chi connectivity index (χ3v) is 6.18. The average molecular weight is 312 g/mol. The molecule has 1 aromatic heterocycles. The van der Waals surface area contributed by atoms with E-state index in [2.05, 4.69) is 70.9 Å². The molecule has 0 saturated heterocycles. The van der Waals surface area contributed by atoms with Crippen LogP contribution in [0.2, 0.25) is 19.6 Å². The van der Waals surface area contributed by atoms with Crippen molar-refractivity contribution in [3.05, 3.63) is 47.2 Å². The SMILES string of the molecule is CCCCc1cc(-c2cc(C)cc(C)c2)ncc1[Si](C)(C)C. The predicted molar refractivity (Wildman–Crippen MR) is 101 cm³/mol. The van der Waals surface area contributed by atoms with Crippen molar-refractivity contribution in [2.24, 2.45) is 0 Å². The standard InChI is InChI=1S/C20H29NSi/c1-7-8-9-17-13-19(21-14-20(17)22(4,5)6)18-11-15(2)10-16(3)12-18/h10-14H,7-9H2,1-6H3. The molecule has 0 radical (unpaired) electrons. The largest absolute Gasteiger partial charge is 0.256 e. The van der Waals surface area contributed by atoms with Crippen molar-refractivity contribution >= 4 is 13.3 Å². The molecule has 2 aromatic rings. The van der Waals surface area contributed by atoms with E-state index in [1.807, 2.05) is 0 Å². The molecule has 0 aliphatic rings. The summed E-state index contributed by atoms with van der Waals surface area (Å²) in [6.07, 6.45) is 5.83. The first-order valence-corrected chi connectivity index (χ1v) is 11.9. The van der Waals surface area contributed by atoms with E-state index >= 15 is 0 Å². The molecule has 0 amide bonds. The highest BCUT2D eigenvalue weighted by Crippen LogP contribution is 2.22. The van der Waals surface area contributed by atoms with Crippen LogP contribution in [-0.4, -0.2) is 13.1 Å². The summed E-state index contributed by atoms with van der Waals surface area (Å²) in [4.78, 5) is 4.80. The molecule has 0 aliphatic carbocycles. The number of pyridine rings is 1. The molecular weight excluding hydrogens is 282 g/mol. The molecule has 2 rings (SSSR count). The fourth-order valence-electron chi connectivity index (χ4n) is 3.03. The highest BCUT2D eigenvalue weighted by Gasteiger charge is 2.21. The summed E-state index contributed by atoms with van der Waals surface area (Å²) >= 11 is 0. The Labute approximate surface area is 136 Å². The van der Waals surface area contributed by atoms with Crippen molar-refractivity contribution in [3.63, 3.8) is 0 Å². The molecule has 1 aromatic carbocycles. The summed E-state index contributed by atoms with van der Waals surface area (Å²) < 4.78 is 0. The average Bonchev–Trinajstić information content (AvgIpc) is 2.42. The van der Waals surface area contributed by atoms with Gasteiger partial charge in [0.2, 0.25) is 0 Å². The van der Waals surface area contributed by atoms with Gasteiger partial charge in [-0.1, -0.05) is 50.2 Å². The minimum Gasteiger partial charge on any atom is -0.256 e. The normalized spacial score (nSPS) is 11.7. The number of aromatic nitrogens is 1. The van der Waals surface area contributed by atoms with Gasteiger partial charge < -0.3 is 0 Å². The van der Waals surface area contributed by atoms with E-state index < -0.39 is 8.07 Å². The highest BCUT2D eigenvalue weighted by atomic mass is 28.3. The zero-order valence-corrected chi connectivity index (χ0v) is 16.0. The number of benzene rings is 1. The number of nitrogens with zero attached hydrogens (tertiary/aromatic N) is 1. The Kier molecular flexibility index (Phi) is 5.22. The van der Waals surface area contributed by atoms with Crippen LogP contribution in [0.15, 0.2) is 30.5 Å². The summed E-state index contributed by atoms with van der Waals surface area (Å²) in [5, 5.41) is 1.52. The van der Waals surface area contributed by atoms with Crippen LogP contribution in [0, 0.1) is 13.8 Å². The zero-order chi connectivity index (χ0) is 16.3. The monoisotopic (exact) mass is 311 g/mol. The topological polar surface area (TPSA) is 12.9 Å². The fraction of sp³-hybridized carbons (Fsp3) is 0.450. The number of aryl methyl sites for hydroxylation is 3. The summed E-state index contributed by atoms with van der Waals surface area (Å²) in [5.74, 6) is 0. The van der Waals surface area contributed by atoms with Gasteiger partial charge >= 0.3 is 0 Å². The molecule has 0 unspecified atom stereocenters. The van der Waals surface area contributed by atoms with E-state index in [4.69, 9.17) is 4.98 Å². The van der Waals surface area contributed by atoms with Crippen molar-refractivity contribution in [2.45, 2.75) is 59.7 Å². The van der Waals surface area contributed by atoms with Gasteiger partial charge in [-0.15, -0.1) is 0 Å². The number of unbranched alkanes of at least 4 members (excludes halogenated alkanes) is 1. The van der Waals surface area contributed by atoms with E-state index in [1.54, 1.807) is 0 Å². The highest BCUT2D eigenvalue weighted by molar-refractivity contribution is 6.89. The minimum atomic E-state index is -1.34. The van der Waals surface area contributed by atoms with Crippen LogP contribution in [0.25, 0.3) is 11.3 Å². The second-order valence-corrected chi connectivity index (χ2v) is 12.5. The Morgan fingerprint density at radius 1 is 0.955 bits per heavy atom. The summed E-state index contributed by atoms with van der Waals surface area (Å²) in [6.45, 7) is 13.8. The minimum absolute atomic E-state index is 1.12. The lowest BCUT2D eigenvalue weighted by molar-refractivity contribution is 0.796. The lowest BCUT2D eigenvalue weighted by atomic mass is 10.0. The lowest BCUT2D eigenvalue weighted by Gasteiger charge is -2.21. The van der Waals surface area contributed by atoms with Crippen LogP contribution < -0.4 is 5.19 Å². The van der Waals surface area contributed by atoms with Crippen molar-refractivity contribution in [2.75, 3.05) is 0 Å². The van der Waals surface area contributed by atoms with Gasteiger partial charge in [-0.3, -0.25) is 4.98 Å². The molecular formula is C20H29NSi. The smallest absolute Gasteiger partial charge is 0.0799 e. The predicted octanol–water partition coefficient (Wildman–Crippen LogP) is 5.25. The Bertz CT molecular complexity index is 633. The molecule has 22 heavy (non-hydrogen) atoms. The first-order chi connectivity index (χ1) is 10.3. The molecule has 0 N–H and O–H groups in total. The van der Waals surface area contributed by atoms with Crippen molar-refractivity contribution < 1.29 is 0 Å². The third kappa shape index (κ3) is 4.07. The second kappa shape index (κ2) is 6.78.